The molecule has 0 aliphatic carbocycles. The number of hydrogen-bond acceptors (Lipinski definition) is 5. The molecule has 29 heavy (non-hydrogen) atoms. The van der Waals surface area contributed by atoms with Crippen molar-refractivity contribution in [2.75, 3.05) is 19.6 Å². The van der Waals surface area contributed by atoms with E-state index in [2.05, 4.69) is 10.3 Å². The highest BCUT2D eigenvalue weighted by atomic mass is 32.1. The van der Waals surface area contributed by atoms with E-state index in [1.165, 1.54) is 23.6 Å². The highest BCUT2D eigenvalue weighted by molar-refractivity contribution is 7.16. The molecule has 6 nitrogen and oxygen atoms in total. The molecule has 0 saturated carbocycles. The number of benzene rings is 1. The fraction of sp³-hybridized carbons (Fsp3) is 0.476. The van der Waals surface area contributed by atoms with E-state index in [4.69, 9.17) is 4.74 Å². The molecule has 2 amide bonds. The van der Waals surface area contributed by atoms with Gasteiger partial charge in [-0.25, -0.2) is 14.2 Å². The molecule has 2 aromatic rings. The van der Waals surface area contributed by atoms with Gasteiger partial charge in [-0.1, -0.05) is 12.1 Å². The van der Waals surface area contributed by atoms with Gasteiger partial charge in [-0.2, -0.15) is 0 Å². The number of nitrogens with one attached hydrogen (secondary N) is 1. The lowest BCUT2D eigenvalue weighted by atomic mass is 9.97. The number of amides is 2. The fourth-order valence-electron chi connectivity index (χ4n) is 3.17. The second kappa shape index (κ2) is 8.90. The van der Waals surface area contributed by atoms with Crippen LogP contribution in [0.3, 0.4) is 0 Å². The number of likely N-dealkylation sites (tertiary alicyclic amines) is 1. The van der Waals surface area contributed by atoms with Gasteiger partial charge in [0.25, 0.3) is 5.91 Å². The third-order valence-electron chi connectivity index (χ3n) is 4.66. The molecule has 2 heterocycles. The van der Waals surface area contributed by atoms with Crippen molar-refractivity contribution < 1.29 is 18.7 Å². The molecule has 1 aliphatic rings. The number of ether oxygens (including phenoxy) is 1. The largest absolute Gasteiger partial charge is 0.444 e. The van der Waals surface area contributed by atoms with Crippen molar-refractivity contribution in [3.05, 3.63) is 41.2 Å². The van der Waals surface area contributed by atoms with E-state index in [-0.39, 0.29) is 11.7 Å². The zero-order valence-corrected chi connectivity index (χ0v) is 17.7. The topological polar surface area (TPSA) is 71.5 Å². The third kappa shape index (κ3) is 5.76. The van der Waals surface area contributed by atoms with Gasteiger partial charge < -0.3 is 15.0 Å². The Morgan fingerprint density at radius 3 is 2.62 bits per heavy atom. The number of carbonyl (C=O) groups excluding carboxylic acids is 2. The normalized spacial score (nSPS) is 15.2. The first-order valence-electron chi connectivity index (χ1n) is 9.70. The van der Waals surface area contributed by atoms with Crippen LogP contribution in [0, 0.1) is 11.7 Å². The standard InChI is InChI=1S/C21H26FN3O3S/c1-21(2,3)28-20(27)24-12-14-8-10-25(11-9-14)19(26)17-13-23-18(29-17)15-6-4-5-7-16(15)22/h4-7,13-14H,8-12H2,1-3H3,(H,24,27). The summed E-state index contributed by atoms with van der Waals surface area (Å²) in [5.74, 6) is -0.121. The molecule has 1 saturated heterocycles. The van der Waals surface area contributed by atoms with Gasteiger partial charge in [0.2, 0.25) is 0 Å². The first-order valence-corrected chi connectivity index (χ1v) is 10.5. The quantitative estimate of drug-likeness (QED) is 0.801. The summed E-state index contributed by atoms with van der Waals surface area (Å²) in [6.07, 6.45) is 2.72. The summed E-state index contributed by atoms with van der Waals surface area (Å²) in [4.78, 5) is 31.1. The lowest BCUT2D eigenvalue weighted by Crippen LogP contribution is -2.42. The van der Waals surface area contributed by atoms with Crippen molar-refractivity contribution in [1.82, 2.24) is 15.2 Å². The Bertz CT molecular complexity index is 870. The van der Waals surface area contributed by atoms with Crippen LogP contribution in [0.4, 0.5) is 9.18 Å². The van der Waals surface area contributed by atoms with Crippen LogP contribution in [-0.2, 0) is 4.74 Å². The molecular formula is C21H26FN3O3S. The van der Waals surface area contributed by atoms with Crippen LogP contribution in [0.5, 0.6) is 0 Å². The van der Waals surface area contributed by atoms with Gasteiger partial charge in [0.15, 0.2) is 0 Å². The predicted octanol–water partition coefficient (Wildman–Crippen LogP) is 4.33. The van der Waals surface area contributed by atoms with Crippen LogP contribution in [-0.4, -0.2) is 47.1 Å². The summed E-state index contributed by atoms with van der Waals surface area (Å²) in [6, 6.07) is 6.41. The Morgan fingerprint density at radius 1 is 1.28 bits per heavy atom. The molecule has 1 aromatic carbocycles. The van der Waals surface area contributed by atoms with E-state index in [1.54, 1.807) is 23.1 Å². The fourth-order valence-corrected chi connectivity index (χ4v) is 4.08. The lowest BCUT2D eigenvalue weighted by molar-refractivity contribution is 0.0500. The monoisotopic (exact) mass is 419 g/mol. The predicted molar refractivity (Wildman–Crippen MR) is 110 cm³/mol. The maximum Gasteiger partial charge on any atom is 0.407 e. The molecule has 0 bridgehead atoms. The van der Waals surface area contributed by atoms with Crippen molar-refractivity contribution in [3.63, 3.8) is 0 Å². The van der Waals surface area contributed by atoms with Gasteiger partial charge in [0.1, 0.15) is 21.3 Å². The number of rotatable bonds is 4. The van der Waals surface area contributed by atoms with E-state index >= 15 is 0 Å². The number of nitrogens with zero attached hydrogens (tertiary/aromatic N) is 2. The Morgan fingerprint density at radius 2 is 1.97 bits per heavy atom. The number of thiazole rings is 1. The Labute approximate surface area is 174 Å². The molecule has 1 fully saturated rings. The van der Waals surface area contributed by atoms with Gasteiger partial charge in [-0.15, -0.1) is 11.3 Å². The minimum atomic E-state index is -0.518. The minimum Gasteiger partial charge on any atom is -0.444 e. The van der Waals surface area contributed by atoms with Crippen molar-refractivity contribution in [3.8, 4) is 10.6 Å². The first-order chi connectivity index (χ1) is 13.7. The molecule has 0 spiro atoms. The molecule has 0 radical (unpaired) electrons. The van der Waals surface area contributed by atoms with Crippen LogP contribution in [0.25, 0.3) is 10.6 Å². The summed E-state index contributed by atoms with van der Waals surface area (Å²) in [5.41, 5.74) is -0.112. The van der Waals surface area contributed by atoms with E-state index in [0.29, 0.717) is 41.0 Å². The summed E-state index contributed by atoms with van der Waals surface area (Å²) in [5, 5.41) is 3.31. The molecule has 0 atom stereocenters. The molecule has 3 rings (SSSR count). The van der Waals surface area contributed by atoms with E-state index in [0.717, 1.165) is 12.8 Å². The van der Waals surface area contributed by atoms with Crippen molar-refractivity contribution in [2.24, 2.45) is 5.92 Å². The van der Waals surface area contributed by atoms with E-state index in [1.807, 2.05) is 20.8 Å². The van der Waals surface area contributed by atoms with Crippen molar-refractivity contribution in [1.29, 1.82) is 0 Å². The summed E-state index contributed by atoms with van der Waals surface area (Å²) in [7, 11) is 0. The summed E-state index contributed by atoms with van der Waals surface area (Å²) in [6.45, 7) is 7.25. The average Bonchev–Trinajstić information content (AvgIpc) is 3.15. The van der Waals surface area contributed by atoms with Gasteiger partial charge >= 0.3 is 6.09 Å². The van der Waals surface area contributed by atoms with Crippen LogP contribution in [0.1, 0.15) is 43.3 Å². The van der Waals surface area contributed by atoms with E-state index < -0.39 is 11.7 Å². The second-order valence-corrected chi connectivity index (χ2v) is 9.16. The number of alkyl carbamates (subject to hydrolysis) is 1. The summed E-state index contributed by atoms with van der Waals surface area (Å²) >= 11 is 1.21. The Hall–Kier alpha value is -2.48. The summed E-state index contributed by atoms with van der Waals surface area (Å²) < 4.78 is 19.2. The maximum absolute atomic E-state index is 13.9. The van der Waals surface area contributed by atoms with Gasteiger partial charge in [0.05, 0.1) is 6.20 Å². The SMILES string of the molecule is CC(C)(C)OC(=O)NCC1CCN(C(=O)c2cnc(-c3ccccc3F)s2)CC1. The molecule has 0 unspecified atom stereocenters. The molecule has 1 N–H and O–H groups in total. The molecule has 8 heteroatoms. The van der Waals surface area contributed by atoms with Gasteiger partial charge in [-0.05, 0) is 51.7 Å². The highest BCUT2D eigenvalue weighted by Gasteiger charge is 2.26. The number of aromatic nitrogens is 1. The molecule has 156 valence electrons. The highest BCUT2D eigenvalue weighted by Crippen LogP contribution is 2.29. The van der Waals surface area contributed by atoms with Crippen molar-refractivity contribution in [2.45, 2.75) is 39.2 Å². The molecule has 1 aliphatic heterocycles. The molecular weight excluding hydrogens is 393 g/mol. The number of piperidine rings is 1. The maximum atomic E-state index is 13.9. The number of hydrogen-bond donors (Lipinski definition) is 1. The van der Waals surface area contributed by atoms with Crippen LogP contribution < -0.4 is 5.32 Å². The van der Waals surface area contributed by atoms with Crippen molar-refractivity contribution >= 4 is 23.3 Å². The van der Waals surface area contributed by atoms with Gasteiger partial charge in [0, 0.05) is 25.2 Å². The average molecular weight is 420 g/mol. The minimum absolute atomic E-state index is 0.0800. The Kier molecular flexibility index (Phi) is 6.52. The lowest BCUT2D eigenvalue weighted by Gasteiger charge is -2.32. The zero-order valence-electron chi connectivity index (χ0n) is 16.9. The smallest absolute Gasteiger partial charge is 0.407 e. The van der Waals surface area contributed by atoms with E-state index in [9.17, 15) is 14.0 Å². The van der Waals surface area contributed by atoms with Crippen LogP contribution in [0.15, 0.2) is 30.5 Å². The van der Waals surface area contributed by atoms with Crippen LogP contribution in [0.2, 0.25) is 0 Å². The zero-order chi connectivity index (χ0) is 21.0. The second-order valence-electron chi connectivity index (χ2n) is 8.13. The molecule has 1 aromatic heterocycles. The third-order valence-corrected chi connectivity index (χ3v) is 5.68. The van der Waals surface area contributed by atoms with Gasteiger partial charge in [-0.3, -0.25) is 4.79 Å². The number of halogens is 1. The first kappa shape index (κ1) is 21.2. The Balaban J connectivity index is 1.51. The van der Waals surface area contributed by atoms with Crippen LogP contribution >= 0.6 is 11.3 Å². The number of carbonyl (C=O) groups is 2.